The van der Waals surface area contributed by atoms with Crippen LogP contribution in [0.25, 0.3) is 0 Å². The van der Waals surface area contributed by atoms with E-state index in [9.17, 15) is 0 Å². The van der Waals surface area contributed by atoms with E-state index in [0.29, 0.717) is 6.04 Å². The van der Waals surface area contributed by atoms with E-state index in [1.54, 1.807) is 0 Å². The minimum Gasteiger partial charge on any atom is -0.385 e. The first-order chi connectivity index (χ1) is 8.67. The van der Waals surface area contributed by atoms with Crippen LogP contribution in [0.5, 0.6) is 0 Å². The van der Waals surface area contributed by atoms with Crippen LogP contribution in [0, 0.1) is 0 Å². The number of aromatic nitrogens is 1. The average Bonchev–Trinajstić information content (AvgIpc) is 2.36. The van der Waals surface area contributed by atoms with Crippen LogP contribution in [0.4, 0.5) is 5.69 Å². The maximum absolute atomic E-state index is 4.47. The molecule has 0 atom stereocenters. The highest BCUT2D eigenvalue weighted by molar-refractivity contribution is 5.43. The molecule has 0 aromatic carbocycles. The molecule has 3 nitrogen and oxygen atoms in total. The summed E-state index contributed by atoms with van der Waals surface area (Å²) in [5.41, 5.74) is 2.33. The van der Waals surface area contributed by atoms with Crippen molar-refractivity contribution >= 4 is 5.69 Å². The standard InChI is InChI=1S/C15H27N3/c1-5-8-16-14-7-9-17-15(11-14)12-18(10-6-2)13(3)4/h7,9,11,13H,5-6,8,10,12H2,1-4H3,(H,16,17). The first-order valence-corrected chi connectivity index (χ1v) is 7.10. The van der Waals surface area contributed by atoms with Gasteiger partial charge in [0.1, 0.15) is 0 Å². The second-order valence-electron chi connectivity index (χ2n) is 5.03. The third-order valence-electron chi connectivity index (χ3n) is 3.00. The van der Waals surface area contributed by atoms with Crippen LogP contribution in [0.3, 0.4) is 0 Å². The Morgan fingerprint density at radius 1 is 1.28 bits per heavy atom. The first kappa shape index (κ1) is 15.0. The van der Waals surface area contributed by atoms with E-state index in [2.05, 4.69) is 49.0 Å². The fourth-order valence-corrected chi connectivity index (χ4v) is 1.96. The summed E-state index contributed by atoms with van der Waals surface area (Å²) in [7, 11) is 0. The monoisotopic (exact) mass is 249 g/mol. The molecule has 1 aromatic heterocycles. The SMILES string of the molecule is CCCNc1ccnc(CN(CCC)C(C)C)c1. The van der Waals surface area contributed by atoms with Gasteiger partial charge >= 0.3 is 0 Å². The number of hydrogen-bond acceptors (Lipinski definition) is 3. The van der Waals surface area contributed by atoms with E-state index in [-0.39, 0.29) is 0 Å². The van der Waals surface area contributed by atoms with Crippen molar-refractivity contribution in [1.29, 1.82) is 0 Å². The lowest BCUT2D eigenvalue weighted by Gasteiger charge is -2.25. The zero-order valence-electron chi connectivity index (χ0n) is 12.2. The third-order valence-corrected chi connectivity index (χ3v) is 3.00. The van der Waals surface area contributed by atoms with E-state index < -0.39 is 0 Å². The summed E-state index contributed by atoms with van der Waals surface area (Å²) in [6.45, 7) is 12.0. The molecule has 18 heavy (non-hydrogen) atoms. The van der Waals surface area contributed by atoms with E-state index in [1.807, 2.05) is 12.3 Å². The Hall–Kier alpha value is -1.09. The minimum atomic E-state index is 0.569. The van der Waals surface area contributed by atoms with Crippen molar-refractivity contribution in [3.8, 4) is 0 Å². The van der Waals surface area contributed by atoms with Gasteiger partial charge in [-0.05, 0) is 45.4 Å². The molecular weight excluding hydrogens is 222 g/mol. The highest BCUT2D eigenvalue weighted by Crippen LogP contribution is 2.12. The lowest BCUT2D eigenvalue weighted by molar-refractivity contribution is 0.211. The quantitative estimate of drug-likeness (QED) is 0.764. The summed E-state index contributed by atoms with van der Waals surface area (Å²) in [5, 5.41) is 3.41. The normalized spacial score (nSPS) is 11.2. The molecule has 1 aromatic rings. The smallest absolute Gasteiger partial charge is 0.0564 e. The Morgan fingerprint density at radius 2 is 2.06 bits per heavy atom. The number of hydrogen-bond donors (Lipinski definition) is 1. The van der Waals surface area contributed by atoms with Crippen molar-refractivity contribution in [2.24, 2.45) is 0 Å². The summed E-state index contributed by atoms with van der Waals surface area (Å²) in [4.78, 5) is 6.93. The molecule has 0 saturated carbocycles. The van der Waals surface area contributed by atoms with Crippen LogP contribution in [-0.4, -0.2) is 29.0 Å². The fraction of sp³-hybridized carbons (Fsp3) is 0.667. The molecule has 0 aliphatic carbocycles. The van der Waals surface area contributed by atoms with Gasteiger partial charge in [-0.25, -0.2) is 0 Å². The molecule has 3 heteroatoms. The van der Waals surface area contributed by atoms with Crippen LogP contribution in [0.15, 0.2) is 18.3 Å². The van der Waals surface area contributed by atoms with Crippen molar-refractivity contribution in [2.75, 3.05) is 18.4 Å². The molecule has 1 heterocycles. The van der Waals surface area contributed by atoms with Gasteiger partial charge in [-0.2, -0.15) is 0 Å². The van der Waals surface area contributed by atoms with E-state index in [4.69, 9.17) is 0 Å². The van der Waals surface area contributed by atoms with E-state index >= 15 is 0 Å². The van der Waals surface area contributed by atoms with Crippen molar-refractivity contribution in [1.82, 2.24) is 9.88 Å². The zero-order chi connectivity index (χ0) is 13.4. The molecular formula is C15H27N3. The highest BCUT2D eigenvalue weighted by atomic mass is 15.1. The molecule has 0 fully saturated rings. The van der Waals surface area contributed by atoms with Gasteiger partial charge < -0.3 is 5.32 Å². The van der Waals surface area contributed by atoms with Crippen molar-refractivity contribution < 1.29 is 0 Å². The predicted octanol–water partition coefficient (Wildman–Crippen LogP) is 3.52. The average molecular weight is 249 g/mol. The molecule has 0 amide bonds. The summed E-state index contributed by atoms with van der Waals surface area (Å²) in [6, 6.07) is 4.78. The van der Waals surface area contributed by atoms with Gasteiger partial charge in [-0.15, -0.1) is 0 Å². The maximum atomic E-state index is 4.47. The molecule has 1 N–H and O–H groups in total. The molecule has 0 bridgehead atoms. The van der Waals surface area contributed by atoms with Gasteiger partial charge in [0.05, 0.1) is 5.69 Å². The first-order valence-electron chi connectivity index (χ1n) is 7.10. The van der Waals surface area contributed by atoms with E-state index in [1.165, 1.54) is 12.1 Å². The molecule has 0 spiro atoms. The lowest BCUT2D eigenvalue weighted by atomic mass is 10.2. The van der Waals surface area contributed by atoms with Gasteiger partial charge in [0.25, 0.3) is 0 Å². The number of pyridine rings is 1. The van der Waals surface area contributed by atoms with Gasteiger partial charge in [-0.1, -0.05) is 13.8 Å². The molecule has 0 aliphatic rings. The number of rotatable bonds is 8. The minimum absolute atomic E-state index is 0.569. The molecule has 0 saturated heterocycles. The van der Waals surface area contributed by atoms with Crippen molar-refractivity contribution in [3.63, 3.8) is 0 Å². The van der Waals surface area contributed by atoms with Gasteiger partial charge in [0.2, 0.25) is 0 Å². The highest BCUT2D eigenvalue weighted by Gasteiger charge is 2.09. The summed E-state index contributed by atoms with van der Waals surface area (Å²) in [6.07, 6.45) is 4.23. The molecule has 0 radical (unpaired) electrons. The van der Waals surface area contributed by atoms with E-state index in [0.717, 1.165) is 31.7 Å². The summed E-state index contributed by atoms with van der Waals surface area (Å²) in [5.74, 6) is 0. The topological polar surface area (TPSA) is 28.2 Å². The van der Waals surface area contributed by atoms with Gasteiger partial charge in [-0.3, -0.25) is 9.88 Å². The molecule has 0 unspecified atom stereocenters. The van der Waals surface area contributed by atoms with Crippen LogP contribution in [-0.2, 0) is 6.54 Å². The van der Waals surface area contributed by atoms with Crippen LogP contribution in [0.2, 0.25) is 0 Å². The van der Waals surface area contributed by atoms with Crippen LogP contribution < -0.4 is 5.32 Å². The van der Waals surface area contributed by atoms with Crippen molar-refractivity contribution in [2.45, 2.75) is 53.1 Å². The van der Waals surface area contributed by atoms with Gasteiger partial charge in [0.15, 0.2) is 0 Å². The number of anilines is 1. The molecule has 102 valence electrons. The third kappa shape index (κ3) is 5.05. The Kier molecular flexibility index (Phi) is 6.73. The Labute approximate surface area is 112 Å². The van der Waals surface area contributed by atoms with Gasteiger partial charge in [0, 0.05) is 31.0 Å². The van der Waals surface area contributed by atoms with Crippen molar-refractivity contribution in [3.05, 3.63) is 24.0 Å². The summed E-state index contributed by atoms with van der Waals surface area (Å²) < 4.78 is 0. The zero-order valence-corrected chi connectivity index (χ0v) is 12.2. The molecule has 0 aliphatic heterocycles. The number of nitrogens with zero attached hydrogens (tertiary/aromatic N) is 2. The second kappa shape index (κ2) is 8.09. The maximum Gasteiger partial charge on any atom is 0.0564 e. The van der Waals surface area contributed by atoms with Crippen LogP contribution in [0.1, 0.15) is 46.2 Å². The Morgan fingerprint density at radius 3 is 2.67 bits per heavy atom. The Balaban J connectivity index is 2.64. The molecule has 1 rings (SSSR count). The lowest BCUT2D eigenvalue weighted by Crippen LogP contribution is -2.31. The van der Waals surface area contributed by atoms with Crippen LogP contribution >= 0.6 is 0 Å². The second-order valence-corrected chi connectivity index (χ2v) is 5.03. The fourth-order valence-electron chi connectivity index (χ4n) is 1.96. The predicted molar refractivity (Wildman–Crippen MR) is 78.9 cm³/mol. The number of nitrogens with one attached hydrogen (secondary N) is 1. The Bertz CT molecular complexity index is 336. The largest absolute Gasteiger partial charge is 0.385 e. The summed E-state index contributed by atoms with van der Waals surface area (Å²) >= 11 is 0.